The smallest absolute Gasteiger partial charge is 0.326 e. The third-order valence-electron chi connectivity index (χ3n) is 2.73. The zero-order valence-electron chi connectivity index (χ0n) is 11.6. The number of hydrogen-bond acceptors (Lipinski definition) is 3. The van der Waals surface area contributed by atoms with Crippen LogP contribution in [0, 0.1) is 5.92 Å². The molecule has 0 radical (unpaired) electrons. The van der Waals surface area contributed by atoms with Crippen molar-refractivity contribution in [3.63, 3.8) is 0 Å². The van der Waals surface area contributed by atoms with E-state index in [9.17, 15) is 9.59 Å². The minimum Gasteiger partial charge on any atom is -0.480 e. The zero-order valence-corrected chi connectivity index (χ0v) is 14.0. The van der Waals surface area contributed by atoms with Crippen molar-refractivity contribution in [2.75, 3.05) is 0 Å². The van der Waals surface area contributed by atoms with Crippen molar-refractivity contribution in [3.05, 3.63) is 28.7 Å². The van der Waals surface area contributed by atoms with Crippen molar-refractivity contribution in [1.29, 1.82) is 0 Å². The van der Waals surface area contributed by atoms with Crippen LogP contribution in [-0.2, 0) is 9.59 Å². The van der Waals surface area contributed by atoms with Crippen molar-refractivity contribution in [1.82, 2.24) is 5.32 Å². The second-order valence-corrected chi connectivity index (χ2v) is 7.11. The number of carbonyl (C=O) groups excluding carboxylic acids is 1. The molecule has 0 saturated heterocycles. The van der Waals surface area contributed by atoms with E-state index < -0.39 is 12.0 Å². The predicted octanol–water partition coefficient (Wildman–Crippen LogP) is 3.16. The first-order valence-corrected chi connectivity index (χ1v) is 7.94. The third kappa shape index (κ3) is 5.17. The molecule has 1 aromatic rings. The average Bonchev–Trinajstić information content (AvgIpc) is 2.37. The van der Waals surface area contributed by atoms with Gasteiger partial charge in [0.2, 0.25) is 5.91 Å². The SMILES string of the molecule is CC(Sc1ccc(Br)cc1)C(=O)NC(C(=O)O)C(C)C. The van der Waals surface area contributed by atoms with E-state index in [0.29, 0.717) is 0 Å². The summed E-state index contributed by atoms with van der Waals surface area (Å²) >= 11 is 4.75. The average molecular weight is 360 g/mol. The summed E-state index contributed by atoms with van der Waals surface area (Å²) in [5, 5.41) is 11.3. The van der Waals surface area contributed by atoms with Crippen molar-refractivity contribution >= 4 is 39.6 Å². The zero-order chi connectivity index (χ0) is 15.3. The normalized spacial score (nSPS) is 13.8. The van der Waals surface area contributed by atoms with Gasteiger partial charge in [-0.2, -0.15) is 0 Å². The maximum absolute atomic E-state index is 12.0. The monoisotopic (exact) mass is 359 g/mol. The summed E-state index contributed by atoms with van der Waals surface area (Å²) in [5.41, 5.74) is 0. The first-order valence-electron chi connectivity index (χ1n) is 6.26. The number of amides is 1. The molecule has 0 aliphatic carbocycles. The highest BCUT2D eigenvalue weighted by Crippen LogP contribution is 2.25. The number of benzene rings is 1. The van der Waals surface area contributed by atoms with E-state index in [2.05, 4.69) is 21.2 Å². The van der Waals surface area contributed by atoms with Crippen molar-refractivity contribution in [2.24, 2.45) is 5.92 Å². The molecule has 1 amide bonds. The van der Waals surface area contributed by atoms with Gasteiger partial charge in [-0.05, 0) is 37.1 Å². The Kier molecular flexibility index (Phi) is 6.55. The first-order chi connectivity index (χ1) is 9.31. The molecule has 2 N–H and O–H groups in total. The highest BCUT2D eigenvalue weighted by molar-refractivity contribution is 9.10. The molecule has 1 rings (SSSR count). The lowest BCUT2D eigenvalue weighted by molar-refractivity contribution is -0.143. The molecule has 6 heteroatoms. The maximum Gasteiger partial charge on any atom is 0.326 e. The van der Waals surface area contributed by atoms with Crippen LogP contribution >= 0.6 is 27.7 Å². The Morgan fingerprint density at radius 3 is 2.20 bits per heavy atom. The van der Waals surface area contributed by atoms with Crippen molar-refractivity contribution in [3.8, 4) is 0 Å². The molecule has 4 nitrogen and oxygen atoms in total. The summed E-state index contributed by atoms with van der Waals surface area (Å²) < 4.78 is 0.977. The number of carboxylic acids is 1. The lowest BCUT2D eigenvalue weighted by Crippen LogP contribution is -2.46. The third-order valence-corrected chi connectivity index (χ3v) is 4.37. The Morgan fingerprint density at radius 1 is 1.20 bits per heavy atom. The molecule has 20 heavy (non-hydrogen) atoms. The van der Waals surface area contributed by atoms with Crippen LogP contribution in [0.2, 0.25) is 0 Å². The molecular formula is C14H18BrNO3S. The number of hydrogen-bond donors (Lipinski definition) is 2. The van der Waals surface area contributed by atoms with E-state index >= 15 is 0 Å². The van der Waals surface area contributed by atoms with Crippen LogP contribution in [0.1, 0.15) is 20.8 Å². The van der Waals surface area contributed by atoms with Crippen molar-refractivity contribution < 1.29 is 14.7 Å². The molecule has 110 valence electrons. The molecule has 0 aromatic heterocycles. The number of thioether (sulfide) groups is 1. The fourth-order valence-electron chi connectivity index (χ4n) is 1.55. The van der Waals surface area contributed by atoms with Gasteiger partial charge < -0.3 is 10.4 Å². The van der Waals surface area contributed by atoms with Gasteiger partial charge in [0.15, 0.2) is 0 Å². The Balaban J connectivity index is 2.62. The van der Waals surface area contributed by atoms with E-state index in [1.165, 1.54) is 11.8 Å². The molecule has 0 bridgehead atoms. The summed E-state index contributed by atoms with van der Waals surface area (Å²) in [6.07, 6.45) is 0. The second kappa shape index (κ2) is 7.69. The van der Waals surface area contributed by atoms with Crippen LogP contribution in [0.4, 0.5) is 0 Å². The van der Waals surface area contributed by atoms with Gasteiger partial charge in [0.1, 0.15) is 6.04 Å². The van der Waals surface area contributed by atoms with Gasteiger partial charge in [0, 0.05) is 9.37 Å². The van der Waals surface area contributed by atoms with Crippen LogP contribution < -0.4 is 5.32 Å². The molecule has 2 atom stereocenters. The fourth-order valence-corrected chi connectivity index (χ4v) is 2.70. The van der Waals surface area contributed by atoms with Crippen LogP contribution in [-0.4, -0.2) is 28.3 Å². The fraction of sp³-hybridized carbons (Fsp3) is 0.429. The topological polar surface area (TPSA) is 66.4 Å². The number of rotatable bonds is 6. The Hall–Kier alpha value is -1.01. The molecule has 0 saturated carbocycles. The minimum atomic E-state index is -1.01. The summed E-state index contributed by atoms with van der Waals surface area (Å²) in [5.74, 6) is -1.42. The molecule has 0 aliphatic heterocycles. The molecule has 1 aromatic carbocycles. The highest BCUT2D eigenvalue weighted by Gasteiger charge is 2.25. The van der Waals surface area contributed by atoms with Gasteiger partial charge in [0.05, 0.1) is 5.25 Å². The van der Waals surface area contributed by atoms with Gasteiger partial charge in [-0.25, -0.2) is 4.79 Å². The number of carbonyl (C=O) groups is 2. The number of nitrogens with one attached hydrogen (secondary N) is 1. The molecule has 0 aliphatic rings. The lowest BCUT2D eigenvalue weighted by Gasteiger charge is -2.20. The number of aliphatic carboxylic acids is 1. The summed E-state index contributed by atoms with van der Waals surface area (Å²) in [6.45, 7) is 5.30. The van der Waals surface area contributed by atoms with E-state index in [4.69, 9.17) is 5.11 Å². The van der Waals surface area contributed by atoms with Gasteiger partial charge in [0.25, 0.3) is 0 Å². The van der Waals surface area contributed by atoms with Crippen LogP contribution in [0.25, 0.3) is 0 Å². The predicted molar refractivity (Wildman–Crippen MR) is 83.9 cm³/mol. The second-order valence-electron chi connectivity index (χ2n) is 4.78. The molecule has 0 spiro atoms. The Bertz CT molecular complexity index is 476. The van der Waals surface area contributed by atoms with Crippen molar-refractivity contribution in [2.45, 2.75) is 37.0 Å². The molecular weight excluding hydrogens is 342 g/mol. The number of halogens is 1. The minimum absolute atomic E-state index is 0.152. The van der Waals surface area contributed by atoms with E-state index in [0.717, 1.165) is 9.37 Å². The number of carboxylic acid groups (broad SMARTS) is 1. The van der Waals surface area contributed by atoms with Gasteiger partial charge in [-0.1, -0.05) is 29.8 Å². The van der Waals surface area contributed by atoms with Crippen LogP contribution in [0.15, 0.2) is 33.6 Å². The molecule has 0 heterocycles. The van der Waals surface area contributed by atoms with Gasteiger partial charge >= 0.3 is 5.97 Å². The molecule has 2 unspecified atom stereocenters. The Labute approximate surface area is 131 Å². The van der Waals surface area contributed by atoms with E-state index in [1.54, 1.807) is 20.8 Å². The lowest BCUT2D eigenvalue weighted by atomic mass is 10.0. The van der Waals surface area contributed by atoms with Crippen LogP contribution in [0.5, 0.6) is 0 Å². The summed E-state index contributed by atoms with van der Waals surface area (Å²) in [6, 6.07) is 6.78. The quantitative estimate of drug-likeness (QED) is 0.765. The molecule has 0 fully saturated rings. The maximum atomic E-state index is 12.0. The standard InChI is InChI=1S/C14H18BrNO3S/c1-8(2)12(14(18)19)16-13(17)9(3)20-11-6-4-10(15)5-7-11/h4-9,12H,1-3H3,(H,16,17)(H,18,19). The largest absolute Gasteiger partial charge is 0.480 e. The first kappa shape index (κ1) is 17.0. The van der Waals surface area contributed by atoms with E-state index in [-0.39, 0.29) is 17.1 Å². The van der Waals surface area contributed by atoms with Crippen LogP contribution in [0.3, 0.4) is 0 Å². The summed E-state index contributed by atoms with van der Waals surface area (Å²) in [4.78, 5) is 24.1. The van der Waals surface area contributed by atoms with E-state index in [1.807, 2.05) is 24.3 Å². The van der Waals surface area contributed by atoms with Gasteiger partial charge in [-0.15, -0.1) is 11.8 Å². The highest BCUT2D eigenvalue weighted by atomic mass is 79.9. The Morgan fingerprint density at radius 2 is 1.75 bits per heavy atom. The summed E-state index contributed by atoms with van der Waals surface area (Å²) in [7, 11) is 0. The van der Waals surface area contributed by atoms with Gasteiger partial charge in [-0.3, -0.25) is 4.79 Å².